The predicted molar refractivity (Wildman–Crippen MR) is 65.2 cm³/mol. The van der Waals surface area contributed by atoms with Crippen molar-refractivity contribution in [2.75, 3.05) is 19.6 Å². The highest BCUT2D eigenvalue weighted by Crippen LogP contribution is 2.29. The molecule has 1 aliphatic heterocycles. The molecule has 1 heterocycles. The molecule has 4 heteroatoms. The van der Waals surface area contributed by atoms with Crippen LogP contribution in [0.25, 0.3) is 0 Å². The minimum absolute atomic E-state index is 0.0280. The summed E-state index contributed by atoms with van der Waals surface area (Å²) in [7, 11) is 0. The summed E-state index contributed by atoms with van der Waals surface area (Å²) in [6.07, 6.45) is 1.08. The van der Waals surface area contributed by atoms with E-state index in [1.807, 2.05) is 6.92 Å². The van der Waals surface area contributed by atoms with Crippen molar-refractivity contribution in [3.63, 3.8) is 0 Å². The lowest BCUT2D eigenvalue weighted by molar-refractivity contribution is 0.248. The number of likely N-dealkylation sites (tertiary alicyclic amines) is 1. The van der Waals surface area contributed by atoms with E-state index in [2.05, 4.69) is 4.90 Å². The van der Waals surface area contributed by atoms with Gasteiger partial charge < -0.3 is 10.8 Å². The number of nitrogens with two attached hydrogens (primary N) is 1. The van der Waals surface area contributed by atoms with Gasteiger partial charge in [0.2, 0.25) is 0 Å². The van der Waals surface area contributed by atoms with Crippen molar-refractivity contribution in [3.8, 4) is 5.75 Å². The van der Waals surface area contributed by atoms with E-state index in [9.17, 15) is 9.50 Å². The van der Waals surface area contributed by atoms with Crippen LogP contribution in [-0.4, -0.2) is 29.6 Å². The van der Waals surface area contributed by atoms with E-state index in [4.69, 9.17) is 5.73 Å². The molecule has 0 amide bonds. The van der Waals surface area contributed by atoms with Gasteiger partial charge in [0.05, 0.1) is 0 Å². The molecule has 3 N–H and O–H groups in total. The van der Waals surface area contributed by atoms with Gasteiger partial charge >= 0.3 is 0 Å². The van der Waals surface area contributed by atoms with Crippen LogP contribution in [0.15, 0.2) is 18.2 Å². The normalized spacial score (nSPS) is 22.9. The molecule has 0 radical (unpaired) electrons. The molecule has 3 nitrogen and oxygen atoms in total. The third-order valence-corrected chi connectivity index (χ3v) is 3.63. The molecule has 17 heavy (non-hydrogen) atoms. The maximum Gasteiger partial charge on any atom is 0.131 e. The first-order chi connectivity index (χ1) is 8.11. The van der Waals surface area contributed by atoms with E-state index < -0.39 is 0 Å². The summed E-state index contributed by atoms with van der Waals surface area (Å²) in [5.41, 5.74) is 6.29. The van der Waals surface area contributed by atoms with Crippen LogP contribution in [0, 0.1) is 11.7 Å². The summed E-state index contributed by atoms with van der Waals surface area (Å²) >= 11 is 0. The minimum atomic E-state index is -0.339. The number of phenolic OH excluding ortho intramolecular Hbond substituents is 1. The Balaban J connectivity index is 2.12. The summed E-state index contributed by atoms with van der Waals surface area (Å²) < 4.78 is 13.7. The molecule has 0 bridgehead atoms. The SMILES string of the molecule is CC(c1ccc(O)cc1F)N1CCC(CN)C1. The Morgan fingerprint density at radius 3 is 2.94 bits per heavy atom. The zero-order valence-corrected chi connectivity index (χ0v) is 10.1. The molecular weight excluding hydrogens is 219 g/mol. The molecule has 0 aliphatic carbocycles. The van der Waals surface area contributed by atoms with Crippen molar-refractivity contribution in [1.29, 1.82) is 0 Å². The highest BCUT2D eigenvalue weighted by Gasteiger charge is 2.27. The summed E-state index contributed by atoms with van der Waals surface area (Å²) in [6, 6.07) is 4.39. The monoisotopic (exact) mass is 238 g/mol. The fourth-order valence-corrected chi connectivity index (χ4v) is 2.46. The molecular formula is C13H19FN2O. The first kappa shape index (κ1) is 12.3. The molecule has 2 rings (SSSR count). The second-order valence-corrected chi connectivity index (χ2v) is 4.77. The van der Waals surface area contributed by atoms with Crippen LogP contribution in [0.3, 0.4) is 0 Å². The van der Waals surface area contributed by atoms with E-state index in [-0.39, 0.29) is 17.6 Å². The van der Waals surface area contributed by atoms with Crippen molar-refractivity contribution < 1.29 is 9.50 Å². The van der Waals surface area contributed by atoms with E-state index in [0.717, 1.165) is 19.5 Å². The Bertz CT molecular complexity index is 397. The number of hydrogen-bond acceptors (Lipinski definition) is 3. The van der Waals surface area contributed by atoms with Gasteiger partial charge in [-0.2, -0.15) is 0 Å². The molecule has 0 spiro atoms. The number of phenols is 1. The third-order valence-electron chi connectivity index (χ3n) is 3.63. The van der Waals surface area contributed by atoms with Crippen LogP contribution in [0.1, 0.15) is 24.9 Å². The zero-order chi connectivity index (χ0) is 12.4. The van der Waals surface area contributed by atoms with Gasteiger partial charge in [0.1, 0.15) is 11.6 Å². The minimum Gasteiger partial charge on any atom is -0.508 e. The average molecular weight is 238 g/mol. The molecule has 2 atom stereocenters. The Kier molecular flexibility index (Phi) is 3.64. The second kappa shape index (κ2) is 5.02. The molecule has 1 aliphatic rings. The number of hydrogen-bond donors (Lipinski definition) is 2. The summed E-state index contributed by atoms with van der Waals surface area (Å²) in [4.78, 5) is 2.24. The lowest BCUT2D eigenvalue weighted by atomic mass is 10.1. The number of halogens is 1. The topological polar surface area (TPSA) is 49.5 Å². The van der Waals surface area contributed by atoms with E-state index in [1.54, 1.807) is 6.07 Å². The highest BCUT2D eigenvalue weighted by molar-refractivity contribution is 5.29. The lowest BCUT2D eigenvalue weighted by Crippen LogP contribution is -2.26. The van der Waals surface area contributed by atoms with Gasteiger partial charge in [0.25, 0.3) is 0 Å². The number of aromatic hydroxyl groups is 1. The van der Waals surface area contributed by atoms with Gasteiger partial charge in [-0.15, -0.1) is 0 Å². The van der Waals surface area contributed by atoms with Crippen LogP contribution in [0.5, 0.6) is 5.75 Å². The van der Waals surface area contributed by atoms with Crippen molar-refractivity contribution in [3.05, 3.63) is 29.6 Å². The van der Waals surface area contributed by atoms with Gasteiger partial charge in [0.15, 0.2) is 0 Å². The van der Waals surface area contributed by atoms with E-state index in [0.29, 0.717) is 18.0 Å². The number of benzene rings is 1. The standard InChI is InChI=1S/C13H19FN2O/c1-9(16-5-4-10(7-15)8-16)12-3-2-11(17)6-13(12)14/h2-3,6,9-10,17H,4-5,7-8,15H2,1H3. The summed E-state index contributed by atoms with van der Waals surface area (Å²) in [5.74, 6) is 0.158. The molecule has 0 saturated carbocycles. The van der Waals surface area contributed by atoms with Gasteiger partial charge in [-0.25, -0.2) is 4.39 Å². The molecule has 1 saturated heterocycles. The fraction of sp³-hybridized carbons (Fsp3) is 0.538. The summed E-state index contributed by atoms with van der Waals surface area (Å²) in [6.45, 7) is 4.58. The molecule has 1 aromatic rings. The second-order valence-electron chi connectivity index (χ2n) is 4.77. The van der Waals surface area contributed by atoms with Crippen molar-refractivity contribution in [2.45, 2.75) is 19.4 Å². The Hall–Kier alpha value is -1.13. The van der Waals surface area contributed by atoms with Crippen molar-refractivity contribution in [1.82, 2.24) is 4.90 Å². The molecule has 1 aromatic carbocycles. The van der Waals surface area contributed by atoms with Crippen LogP contribution >= 0.6 is 0 Å². The van der Waals surface area contributed by atoms with Crippen LogP contribution < -0.4 is 5.73 Å². The molecule has 0 aromatic heterocycles. The molecule has 2 unspecified atom stereocenters. The number of nitrogens with zero attached hydrogens (tertiary/aromatic N) is 1. The quantitative estimate of drug-likeness (QED) is 0.845. The number of rotatable bonds is 3. The van der Waals surface area contributed by atoms with Crippen LogP contribution in [0.2, 0.25) is 0 Å². The largest absolute Gasteiger partial charge is 0.508 e. The lowest BCUT2D eigenvalue weighted by Gasteiger charge is -2.25. The highest BCUT2D eigenvalue weighted by atomic mass is 19.1. The maximum atomic E-state index is 13.7. The first-order valence-corrected chi connectivity index (χ1v) is 6.04. The van der Waals surface area contributed by atoms with Gasteiger partial charge in [-0.3, -0.25) is 4.90 Å². The Labute approximate surface area is 101 Å². The van der Waals surface area contributed by atoms with Crippen LogP contribution in [-0.2, 0) is 0 Å². The van der Waals surface area contributed by atoms with Gasteiger partial charge in [0, 0.05) is 24.2 Å². The van der Waals surface area contributed by atoms with E-state index >= 15 is 0 Å². The predicted octanol–water partition coefficient (Wildman–Crippen LogP) is 1.87. The third kappa shape index (κ3) is 2.58. The van der Waals surface area contributed by atoms with Crippen molar-refractivity contribution >= 4 is 0 Å². The Morgan fingerprint density at radius 2 is 2.35 bits per heavy atom. The average Bonchev–Trinajstić information content (AvgIpc) is 2.76. The fourth-order valence-electron chi connectivity index (χ4n) is 2.46. The van der Waals surface area contributed by atoms with Gasteiger partial charge in [-0.1, -0.05) is 6.07 Å². The van der Waals surface area contributed by atoms with Gasteiger partial charge in [-0.05, 0) is 38.4 Å². The summed E-state index contributed by atoms with van der Waals surface area (Å²) in [5, 5.41) is 9.19. The van der Waals surface area contributed by atoms with Crippen molar-refractivity contribution in [2.24, 2.45) is 11.7 Å². The smallest absolute Gasteiger partial charge is 0.131 e. The van der Waals surface area contributed by atoms with E-state index in [1.165, 1.54) is 12.1 Å². The zero-order valence-electron chi connectivity index (χ0n) is 10.1. The molecule has 94 valence electrons. The Morgan fingerprint density at radius 1 is 1.59 bits per heavy atom. The van der Waals surface area contributed by atoms with Crippen LogP contribution in [0.4, 0.5) is 4.39 Å². The maximum absolute atomic E-state index is 13.7. The molecule has 1 fully saturated rings. The first-order valence-electron chi connectivity index (χ1n) is 6.04.